The van der Waals surface area contributed by atoms with Crippen LogP contribution in [0.15, 0.2) is 59.0 Å². The maximum Gasteiger partial charge on any atom is 0.342 e. The van der Waals surface area contributed by atoms with Crippen LogP contribution in [-0.4, -0.2) is 63.7 Å². The number of carbonyl (C=O) groups excluding carboxylic acids is 1. The number of nitrogens with zero attached hydrogens (tertiary/aromatic N) is 1. The fraction of sp³-hybridized carbons (Fsp3) is 0.312. The second kappa shape index (κ2) is 14.4. The summed E-state index contributed by atoms with van der Waals surface area (Å²) in [6.07, 6.45) is 1.79. The molecule has 1 aliphatic carbocycles. The summed E-state index contributed by atoms with van der Waals surface area (Å²) >= 11 is 0. The number of fused-ring (bicyclic) bond motifs is 1. The quantitative estimate of drug-likeness (QED) is 0.0855. The summed E-state index contributed by atoms with van der Waals surface area (Å²) in [5.41, 5.74) is 2.00. The Balaban J connectivity index is 1.17. The zero-order valence-electron chi connectivity index (χ0n) is 25.3. The molecule has 1 aliphatic rings. The Kier molecular flexibility index (Phi) is 10.3. The summed E-state index contributed by atoms with van der Waals surface area (Å²) in [5.74, 6) is -2.10. The second-order valence-electron chi connectivity index (χ2n) is 10.9. The van der Waals surface area contributed by atoms with Crippen LogP contribution < -0.4 is 10.0 Å². The summed E-state index contributed by atoms with van der Waals surface area (Å²) in [4.78, 5) is 34.4. The fourth-order valence-electron chi connectivity index (χ4n) is 5.19. The lowest BCUT2D eigenvalue weighted by atomic mass is 9.98. The molecule has 0 saturated heterocycles. The number of carboxylic acids is 1. The Morgan fingerprint density at radius 1 is 1.06 bits per heavy atom. The molecule has 248 valence electrons. The van der Waals surface area contributed by atoms with Crippen molar-refractivity contribution in [2.75, 3.05) is 33.4 Å². The normalized spacial score (nSPS) is 13.1. The first-order valence-corrected chi connectivity index (χ1v) is 16.3. The van der Waals surface area contributed by atoms with Gasteiger partial charge in [-0.25, -0.2) is 22.3 Å². The van der Waals surface area contributed by atoms with Crippen LogP contribution in [0, 0.1) is 15.9 Å². The Morgan fingerprint density at radius 2 is 1.79 bits per heavy atom. The minimum Gasteiger partial charge on any atom is -0.477 e. The van der Waals surface area contributed by atoms with E-state index in [2.05, 4.69) is 10.0 Å². The van der Waals surface area contributed by atoms with Crippen LogP contribution in [-0.2, 0) is 31.9 Å². The van der Waals surface area contributed by atoms with Gasteiger partial charge in [0.15, 0.2) is 0 Å². The van der Waals surface area contributed by atoms with E-state index < -0.39 is 38.0 Å². The molecule has 1 aromatic heterocycles. The van der Waals surface area contributed by atoms with E-state index in [1.807, 2.05) is 6.07 Å². The largest absolute Gasteiger partial charge is 0.477 e. The number of carbonyl (C=O) groups is 2. The topological polar surface area (TPSA) is 187 Å². The number of hydrogen-bond donors (Lipinski definition) is 3. The average Bonchev–Trinajstić information content (AvgIpc) is 3.82. The molecule has 4 aromatic rings. The van der Waals surface area contributed by atoms with Gasteiger partial charge in [0.05, 0.1) is 42.7 Å². The van der Waals surface area contributed by atoms with Gasteiger partial charge in [-0.3, -0.25) is 14.9 Å². The van der Waals surface area contributed by atoms with Crippen LogP contribution >= 0.6 is 0 Å². The molecular formula is C32H32FN3O10S. The molecule has 15 heteroatoms. The number of rotatable bonds is 16. The Bertz CT molecular complexity index is 1920. The minimum atomic E-state index is -3.79. The molecule has 13 nitrogen and oxygen atoms in total. The average molecular weight is 670 g/mol. The minimum absolute atomic E-state index is 0.00245. The fourth-order valence-corrected chi connectivity index (χ4v) is 6.35. The van der Waals surface area contributed by atoms with Crippen LogP contribution in [0.25, 0.3) is 22.3 Å². The van der Waals surface area contributed by atoms with Crippen molar-refractivity contribution >= 4 is 38.6 Å². The summed E-state index contributed by atoms with van der Waals surface area (Å²) < 4.78 is 59.1. The zero-order chi connectivity index (χ0) is 33.7. The van der Waals surface area contributed by atoms with Gasteiger partial charge in [-0.05, 0) is 77.9 Å². The number of amides is 1. The Hall–Kier alpha value is -4.70. The summed E-state index contributed by atoms with van der Waals surface area (Å²) in [7, 11) is -2.29. The third-order valence-corrected chi connectivity index (χ3v) is 8.91. The molecule has 0 spiro atoms. The van der Waals surface area contributed by atoms with Crippen LogP contribution in [0.2, 0.25) is 0 Å². The van der Waals surface area contributed by atoms with Gasteiger partial charge in [0.2, 0.25) is 10.0 Å². The number of furan rings is 1. The van der Waals surface area contributed by atoms with Gasteiger partial charge in [0, 0.05) is 30.6 Å². The maximum atomic E-state index is 13.6. The van der Waals surface area contributed by atoms with Crippen LogP contribution in [0.4, 0.5) is 10.1 Å². The van der Waals surface area contributed by atoms with Gasteiger partial charge in [-0.1, -0.05) is 6.07 Å². The van der Waals surface area contributed by atoms with E-state index in [4.69, 9.17) is 19.0 Å². The van der Waals surface area contributed by atoms with Crippen molar-refractivity contribution in [1.29, 1.82) is 0 Å². The van der Waals surface area contributed by atoms with Gasteiger partial charge >= 0.3 is 5.97 Å². The van der Waals surface area contributed by atoms with Crippen molar-refractivity contribution in [3.63, 3.8) is 0 Å². The van der Waals surface area contributed by atoms with E-state index in [0.29, 0.717) is 33.2 Å². The number of hydrogen-bond acceptors (Lipinski definition) is 9. The van der Waals surface area contributed by atoms with Crippen LogP contribution in [0.5, 0.6) is 0 Å². The number of nitro groups is 1. The van der Waals surface area contributed by atoms with Crippen LogP contribution in [0.3, 0.4) is 0 Å². The number of halogens is 1. The highest BCUT2D eigenvalue weighted by Gasteiger charge is 2.31. The smallest absolute Gasteiger partial charge is 0.342 e. The molecule has 3 N–H and O–H groups in total. The van der Waals surface area contributed by atoms with Gasteiger partial charge in [0.25, 0.3) is 11.6 Å². The first-order valence-electron chi connectivity index (χ1n) is 14.7. The molecule has 0 aliphatic heterocycles. The standard InChI is InChI=1S/C32H32FN3O10S/c1-34-31(37)29-26-16-25(20-3-4-20)22(15-28(26)46-30(29)21-5-7-23(33)8-6-21)18-47(42,43)35-10-11-44-12-13-45-17-19-2-9-24(32(38)39)27(14-19)36(40)41/h2,5-9,14-16,20,35H,3-4,10-13,17-18H2,1H3,(H,34,37)(H,38,39). The number of sulfonamides is 1. The van der Waals surface area contributed by atoms with E-state index in [0.717, 1.165) is 30.5 Å². The molecule has 0 atom stereocenters. The molecule has 1 amide bonds. The molecule has 1 saturated carbocycles. The highest BCUT2D eigenvalue weighted by molar-refractivity contribution is 7.88. The number of nitrogens with one attached hydrogen (secondary N) is 2. The van der Waals surface area contributed by atoms with Gasteiger partial charge in [-0.2, -0.15) is 0 Å². The lowest BCUT2D eigenvalue weighted by Gasteiger charge is -2.12. The monoisotopic (exact) mass is 669 g/mol. The highest BCUT2D eigenvalue weighted by atomic mass is 32.2. The summed E-state index contributed by atoms with van der Waals surface area (Å²) in [6, 6.07) is 12.8. The van der Waals surface area contributed by atoms with Crippen LogP contribution in [0.1, 0.15) is 56.2 Å². The molecule has 0 bridgehead atoms. The molecule has 0 radical (unpaired) electrons. The number of carboxylic acid groups (broad SMARTS) is 1. The first-order chi connectivity index (χ1) is 22.5. The predicted molar refractivity (Wildman–Crippen MR) is 168 cm³/mol. The lowest BCUT2D eigenvalue weighted by Crippen LogP contribution is -2.29. The van der Waals surface area contributed by atoms with Crippen molar-refractivity contribution in [2.45, 2.75) is 31.1 Å². The molecule has 1 fully saturated rings. The van der Waals surface area contributed by atoms with E-state index in [-0.39, 0.29) is 56.3 Å². The number of benzene rings is 3. The highest BCUT2D eigenvalue weighted by Crippen LogP contribution is 2.45. The molecule has 3 aromatic carbocycles. The van der Waals surface area contributed by atoms with Crippen molar-refractivity contribution in [2.24, 2.45) is 0 Å². The molecule has 5 rings (SSSR count). The number of aromatic carboxylic acids is 1. The zero-order valence-corrected chi connectivity index (χ0v) is 26.1. The van der Waals surface area contributed by atoms with E-state index >= 15 is 0 Å². The molecular weight excluding hydrogens is 637 g/mol. The Morgan fingerprint density at radius 3 is 2.45 bits per heavy atom. The van der Waals surface area contributed by atoms with Gasteiger partial charge < -0.3 is 24.3 Å². The third kappa shape index (κ3) is 8.18. The van der Waals surface area contributed by atoms with Crippen molar-refractivity contribution < 1.29 is 46.3 Å². The van der Waals surface area contributed by atoms with Gasteiger partial charge in [-0.15, -0.1) is 0 Å². The SMILES string of the molecule is CNC(=O)c1c(-c2ccc(F)cc2)oc2cc(CS(=O)(=O)NCCOCCOCc3ccc(C(=O)O)c([N+](=O)[O-])c3)c(C3CC3)cc12. The molecule has 0 unspecified atom stereocenters. The van der Waals surface area contributed by atoms with Crippen molar-refractivity contribution in [3.05, 3.63) is 98.3 Å². The maximum absolute atomic E-state index is 13.6. The number of nitro benzene ring substituents is 1. The van der Waals surface area contributed by atoms with Gasteiger partial charge in [0.1, 0.15) is 22.7 Å². The van der Waals surface area contributed by atoms with Crippen molar-refractivity contribution in [3.8, 4) is 11.3 Å². The Labute approximate surface area is 268 Å². The second-order valence-corrected chi connectivity index (χ2v) is 12.8. The van der Waals surface area contributed by atoms with Crippen molar-refractivity contribution in [1.82, 2.24) is 10.0 Å². The third-order valence-electron chi connectivity index (χ3n) is 7.57. The molecule has 1 heterocycles. The number of ether oxygens (including phenoxy) is 2. The summed E-state index contributed by atoms with van der Waals surface area (Å²) in [6.45, 7) is 0.304. The molecule has 47 heavy (non-hydrogen) atoms. The summed E-state index contributed by atoms with van der Waals surface area (Å²) in [5, 5.41) is 23.4. The predicted octanol–water partition coefficient (Wildman–Crippen LogP) is 4.74. The lowest BCUT2D eigenvalue weighted by molar-refractivity contribution is -0.385. The van der Waals surface area contributed by atoms with E-state index in [1.165, 1.54) is 37.4 Å². The van der Waals surface area contributed by atoms with E-state index in [9.17, 15) is 32.5 Å². The first kappa shape index (κ1) is 33.7. The van der Waals surface area contributed by atoms with E-state index in [1.54, 1.807) is 6.07 Å².